The number of nitrogens with two attached hydrogens (primary N) is 1. The Hall–Kier alpha value is -0.340. The van der Waals surface area contributed by atoms with E-state index in [2.05, 4.69) is 41.1 Å². The highest BCUT2D eigenvalue weighted by molar-refractivity contribution is 9.10. The van der Waals surface area contributed by atoms with Crippen molar-refractivity contribution in [2.24, 2.45) is 11.7 Å². The van der Waals surface area contributed by atoms with Crippen molar-refractivity contribution < 1.29 is 0 Å². The Bertz CT molecular complexity index is 350. The first-order valence-electron chi connectivity index (χ1n) is 5.68. The molecule has 0 bridgehead atoms. The third-order valence-corrected chi connectivity index (χ3v) is 4.17. The van der Waals surface area contributed by atoms with Crippen LogP contribution < -0.4 is 5.73 Å². The van der Waals surface area contributed by atoms with Crippen molar-refractivity contribution in [1.82, 2.24) is 0 Å². The molecule has 0 aliphatic heterocycles. The van der Waals surface area contributed by atoms with Crippen LogP contribution in [0.5, 0.6) is 0 Å². The summed E-state index contributed by atoms with van der Waals surface area (Å²) in [6, 6.07) is 8.39. The molecule has 2 unspecified atom stereocenters. The Labute approximate surface area is 100 Å². The van der Waals surface area contributed by atoms with E-state index in [-0.39, 0.29) is 5.54 Å². The quantitative estimate of drug-likeness (QED) is 0.888. The van der Waals surface area contributed by atoms with Gasteiger partial charge in [0.1, 0.15) is 0 Å². The van der Waals surface area contributed by atoms with Gasteiger partial charge in [0, 0.05) is 10.0 Å². The summed E-state index contributed by atoms with van der Waals surface area (Å²) in [5, 5.41) is 0. The molecule has 0 amide bonds. The lowest BCUT2D eigenvalue weighted by molar-refractivity contribution is 0.555. The molecule has 0 saturated heterocycles. The van der Waals surface area contributed by atoms with Gasteiger partial charge in [-0.25, -0.2) is 0 Å². The topological polar surface area (TPSA) is 26.0 Å². The second-order valence-electron chi connectivity index (χ2n) is 4.69. The third kappa shape index (κ3) is 2.43. The first kappa shape index (κ1) is 11.2. The Balaban J connectivity index is 2.02. The molecule has 1 fully saturated rings. The SMILES string of the molecule is CCCC1CC1(N)Cc1ccccc1Br. The van der Waals surface area contributed by atoms with Crippen molar-refractivity contribution in [3.63, 3.8) is 0 Å². The predicted octanol–water partition coefficient (Wildman–Crippen LogP) is 3.51. The zero-order valence-corrected chi connectivity index (χ0v) is 10.8. The molecule has 2 atom stereocenters. The fraction of sp³-hybridized carbons (Fsp3) is 0.538. The summed E-state index contributed by atoms with van der Waals surface area (Å²) < 4.78 is 1.19. The molecule has 2 N–H and O–H groups in total. The molecule has 1 aliphatic rings. The van der Waals surface area contributed by atoms with E-state index in [0.29, 0.717) is 0 Å². The highest BCUT2D eigenvalue weighted by Crippen LogP contribution is 2.47. The van der Waals surface area contributed by atoms with Crippen molar-refractivity contribution in [2.45, 2.75) is 38.1 Å². The van der Waals surface area contributed by atoms with Crippen molar-refractivity contribution in [3.8, 4) is 0 Å². The smallest absolute Gasteiger partial charge is 0.0228 e. The summed E-state index contributed by atoms with van der Waals surface area (Å²) in [5.74, 6) is 0.745. The molecule has 15 heavy (non-hydrogen) atoms. The van der Waals surface area contributed by atoms with Crippen LogP contribution in [-0.4, -0.2) is 5.54 Å². The van der Waals surface area contributed by atoms with Crippen LogP contribution in [0.3, 0.4) is 0 Å². The highest BCUT2D eigenvalue weighted by atomic mass is 79.9. The Morgan fingerprint density at radius 1 is 1.47 bits per heavy atom. The van der Waals surface area contributed by atoms with E-state index >= 15 is 0 Å². The number of halogens is 1. The van der Waals surface area contributed by atoms with Gasteiger partial charge in [-0.1, -0.05) is 47.5 Å². The second kappa shape index (κ2) is 4.26. The van der Waals surface area contributed by atoms with Gasteiger partial charge in [-0.3, -0.25) is 0 Å². The van der Waals surface area contributed by atoms with Crippen LogP contribution in [0.2, 0.25) is 0 Å². The molecule has 2 heteroatoms. The first-order chi connectivity index (χ1) is 7.15. The van der Waals surface area contributed by atoms with Crippen LogP contribution in [0.25, 0.3) is 0 Å². The monoisotopic (exact) mass is 267 g/mol. The average Bonchev–Trinajstić information content (AvgIpc) is 2.82. The minimum atomic E-state index is 0.0832. The lowest BCUT2D eigenvalue weighted by Gasteiger charge is -2.12. The van der Waals surface area contributed by atoms with Gasteiger partial charge in [0.05, 0.1) is 0 Å². The summed E-state index contributed by atoms with van der Waals surface area (Å²) in [5.41, 5.74) is 7.79. The second-order valence-corrected chi connectivity index (χ2v) is 5.55. The van der Waals surface area contributed by atoms with Gasteiger partial charge in [0.25, 0.3) is 0 Å². The lowest BCUT2D eigenvalue weighted by Crippen LogP contribution is -2.28. The molecule has 0 aromatic heterocycles. The summed E-state index contributed by atoms with van der Waals surface area (Å²) in [7, 11) is 0. The first-order valence-corrected chi connectivity index (χ1v) is 6.47. The van der Waals surface area contributed by atoms with Gasteiger partial charge in [-0.15, -0.1) is 0 Å². The molecule has 82 valence electrons. The fourth-order valence-electron chi connectivity index (χ4n) is 2.35. The van der Waals surface area contributed by atoms with Gasteiger partial charge in [-0.2, -0.15) is 0 Å². The van der Waals surface area contributed by atoms with E-state index < -0.39 is 0 Å². The average molecular weight is 268 g/mol. The Morgan fingerprint density at radius 3 is 2.87 bits per heavy atom. The van der Waals surface area contributed by atoms with Crippen molar-refractivity contribution in [1.29, 1.82) is 0 Å². The normalized spacial score (nSPS) is 29.1. The molecule has 1 aromatic rings. The summed E-state index contributed by atoms with van der Waals surface area (Å²) in [6.45, 7) is 2.23. The molecular weight excluding hydrogens is 250 g/mol. The number of rotatable bonds is 4. The van der Waals surface area contributed by atoms with Gasteiger partial charge in [0.2, 0.25) is 0 Å². The molecule has 1 saturated carbocycles. The summed E-state index contributed by atoms with van der Waals surface area (Å²) in [4.78, 5) is 0. The summed E-state index contributed by atoms with van der Waals surface area (Å²) in [6.07, 6.45) is 4.74. The minimum absolute atomic E-state index is 0.0832. The van der Waals surface area contributed by atoms with E-state index in [4.69, 9.17) is 5.73 Å². The standard InChI is InChI=1S/C13H18BrN/c1-2-5-11-9-13(11,15)8-10-6-3-4-7-12(10)14/h3-4,6-7,11H,2,5,8-9,15H2,1H3. The molecule has 0 spiro atoms. The van der Waals surface area contributed by atoms with Gasteiger partial charge in [0.15, 0.2) is 0 Å². The maximum atomic E-state index is 6.36. The molecule has 1 aliphatic carbocycles. The van der Waals surface area contributed by atoms with Crippen LogP contribution in [0, 0.1) is 5.92 Å². The van der Waals surface area contributed by atoms with Crippen molar-refractivity contribution in [3.05, 3.63) is 34.3 Å². The van der Waals surface area contributed by atoms with Gasteiger partial charge < -0.3 is 5.73 Å². The molecule has 0 radical (unpaired) electrons. The molecule has 0 heterocycles. The van der Waals surface area contributed by atoms with E-state index in [0.717, 1.165) is 12.3 Å². The van der Waals surface area contributed by atoms with E-state index in [1.807, 2.05) is 6.07 Å². The predicted molar refractivity (Wildman–Crippen MR) is 67.8 cm³/mol. The van der Waals surface area contributed by atoms with Crippen LogP contribution in [-0.2, 0) is 6.42 Å². The number of hydrogen-bond acceptors (Lipinski definition) is 1. The fourth-order valence-corrected chi connectivity index (χ4v) is 2.78. The molecule has 1 aromatic carbocycles. The lowest BCUT2D eigenvalue weighted by atomic mass is 10.0. The molecule has 2 rings (SSSR count). The van der Waals surface area contributed by atoms with Gasteiger partial charge in [-0.05, 0) is 36.8 Å². The summed E-state index contributed by atoms with van der Waals surface area (Å²) >= 11 is 3.58. The highest BCUT2D eigenvalue weighted by Gasteiger charge is 2.49. The molecular formula is C13H18BrN. The number of benzene rings is 1. The van der Waals surface area contributed by atoms with Crippen LogP contribution in [0.15, 0.2) is 28.7 Å². The Morgan fingerprint density at radius 2 is 2.20 bits per heavy atom. The third-order valence-electron chi connectivity index (χ3n) is 3.39. The zero-order chi connectivity index (χ0) is 10.9. The van der Waals surface area contributed by atoms with E-state index in [1.54, 1.807) is 0 Å². The maximum absolute atomic E-state index is 6.36. The van der Waals surface area contributed by atoms with Crippen LogP contribution in [0.4, 0.5) is 0 Å². The largest absolute Gasteiger partial charge is 0.325 e. The van der Waals surface area contributed by atoms with Gasteiger partial charge >= 0.3 is 0 Å². The van der Waals surface area contributed by atoms with Crippen LogP contribution >= 0.6 is 15.9 Å². The Kier molecular flexibility index (Phi) is 3.17. The van der Waals surface area contributed by atoms with Crippen molar-refractivity contribution >= 4 is 15.9 Å². The van der Waals surface area contributed by atoms with E-state index in [1.165, 1.54) is 29.3 Å². The van der Waals surface area contributed by atoms with Crippen molar-refractivity contribution in [2.75, 3.05) is 0 Å². The van der Waals surface area contributed by atoms with E-state index in [9.17, 15) is 0 Å². The molecule has 1 nitrogen and oxygen atoms in total. The minimum Gasteiger partial charge on any atom is -0.325 e. The number of hydrogen-bond donors (Lipinski definition) is 1. The van der Waals surface area contributed by atoms with Crippen LogP contribution in [0.1, 0.15) is 31.7 Å². The maximum Gasteiger partial charge on any atom is 0.0228 e. The zero-order valence-electron chi connectivity index (χ0n) is 9.17.